The number of nitrogens with one attached hydrogen (secondary N) is 1. The third kappa shape index (κ3) is 3.63. The van der Waals surface area contributed by atoms with E-state index in [1.54, 1.807) is 30.3 Å². The Bertz CT molecular complexity index is 734. The quantitative estimate of drug-likeness (QED) is 0.742. The third-order valence-corrected chi connectivity index (χ3v) is 4.91. The highest BCUT2D eigenvalue weighted by Gasteiger charge is 2.16. The van der Waals surface area contributed by atoms with Crippen LogP contribution in [0.3, 0.4) is 0 Å². The van der Waals surface area contributed by atoms with E-state index in [0.717, 1.165) is 3.57 Å². The molecule has 2 aromatic carbocycles. The first kappa shape index (κ1) is 15.6. The summed E-state index contributed by atoms with van der Waals surface area (Å²) in [4.78, 5) is 0.0821. The van der Waals surface area contributed by atoms with Gasteiger partial charge < -0.3 is 5.11 Å². The van der Waals surface area contributed by atoms with Gasteiger partial charge in [0.05, 0.1) is 22.2 Å². The molecule has 0 aliphatic heterocycles. The number of aliphatic hydroxyl groups is 1. The molecule has 20 heavy (non-hydrogen) atoms. The largest absolute Gasteiger partial charge is 0.392 e. The summed E-state index contributed by atoms with van der Waals surface area (Å²) in [5.41, 5.74) is 0.850. The molecule has 0 aliphatic carbocycles. The number of halogens is 2. The van der Waals surface area contributed by atoms with Crippen LogP contribution in [0.2, 0.25) is 5.02 Å². The second-order valence-corrected chi connectivity index (χ2v) is 7.37. The average Bonchev–Trinajstić information content (AvgIpc) is 2.42. The minimum absolute atomic E-state index is 0.0821. The second-order valence-electron chi connectivity index (χ2n) is 4.04. The Morgan fingerprint density at radius 1 is 1.20 bits per heavy atom. The number of benzene rings is 2. The van der Waals surface area contributed by atoms with Crippen LogP contribution < -0.4 is 4.72 Å². The van der Waals surface area contributed by atoms with Crippen molar-refractivity contribution in [3.05, 3.63) is 56.6 Å². The molecule has 0 unspecified atom stereocenters. The maximum absolute atomic E-state index is 12.3. The standard InChI is InChI=1S/C13H11ClINO3S/c14-12-7-10(15)4-5-13(12)16-20(18,19)11-3-1-2-9(6-11)8-17/h1-7,16-17H,8H2. The summed E-state index contributed by atoms with van der Waals surface area (Å²) in [6.07, 6.45) is 0. The van der Waals surface area contributed by atoms with Crippen molar-refractivity contribution in [1.82, 2.24) is 0 Å². The molecular formula is C13H11ClINO3S. The highest BCUT2D eigenvalue weighted by Crippen LogP contribution is 2.26. The van der Waals surface area contributed by atoms with Gasteiger partial charge in [-0.15, -0.1) is 0 Å². The lowest BCUT2D eigenvalue weighted by Gasteiger charge is -2.10. The molecule has 0 aliphatic rings. The van der Waals surface area contributed by atoms with Crippen LogP contribution in [0.4, 0.5) is 5.69 Å². The van der Waals surface area contributed by atoms with Crippen molar-refractivity contribution in [2.75, 3.05) is 4.72 Å². The molecule has 106 valence electrons. The minimum atomic E-state index is -3.73. The normalized spacial score (nSPS) is 11.3. The molecule has 0 amide bonds. The maximum atomic E-state index is 12.3. The second kappa shape index (κ2) is 6.30. The number of sulfonamides is 1. The van der Waals surface area contributed by atoms with E-state index in [-0.39, 0.29) is 11.5 Å². The highest BCUT2D eigenvalue weighted by molar-refractivity contribution is 14.1. The monoisotopic (exact) mass is 423 g/mol. The van der Waals surface area contributed by atoms with Crippen LogP contribution in [-0.2, 0) is 16.6 Å². The fourth-order valence-corrected chi connectivity index (χ4v) is 3.70. The third-order valence-electron chi connectivity index (χ3n) is 2.57. The first-order valence-electron chi connectivity index (χ1n) is 5.60. The summed E-state index contributed by atoms with van der Waals surface area (Å²) in [6.45, 7) is -0.215. The first-order chi connectivity index (χ1) is 9.42. The van der Waals surface area contributed by atoms with E-state index in [4.69, 9.17) is 16.7 Å². The Labute approximate surface area is 136 Å². The van der Waals surface area contributed by atoms with Gasteiger partial charge in [-0.3, -0.25) is 4.72 Å². The van der Waals surface area contributed by atoms with E-state index in [2.05, 4.69) is 27.3 Å². The summed E-state index contributed by atoms with van der Waals surface area (Å²) in [5.74, 6) is 0. The zero-order chi connectivity index (χ0) is 14.8. The van der Waals surface area contributed by atoms with Crippen LogP contribution in [0.5, 0.6) is 0 Å². The van der Waals surface area contributed by atoms with Crippen LogP contribution in [0, 0.1) is 3.57 Å². The van der Waals surface area contributed by atoms with E-state index in [0.29, 0.717) is 16.3 Å². The Hall–Kier alpha value is -0.830. The molecule has 2 rings (SSSR count). The lowest BCUT2D eigenvalue weighted by Crippen LogP contribution is -2.13. The lowest BCUT2D eigenvalue weighted by atomic mass is 10.2. The fourth-order valence-electron chi connectivity index (χ4n) is 1.59. The van der Waals surface area contributed by atoms with E-state index < -0.39 is 10.0 Å². The molecule has 2 N–H and O–H groups in total. The molecule has 0 radical (unpaired) electrons. The van der Waals surface area contributed by atoms with Gasteiger partial charge in [0.15, 0.2) is 0 Å². The van der Waals surface area contributed by atoms with Gasteiger partial charge in [-0.2, -0.15) is 0 Å². The predicted octanol–water partition coefficient (Wildman–Crippen LogP) is 3.24. The summed E-state index contributed by atoms with van der Waals surface area (Å²) in [6, 6.07) is 11.1. The highest BCUT2D eigenvalue weighted by atomic mass is 127. The molecule has 0 aromatic heterocycles. The van der Waals surface area contributed by atoms with E-state index in [1.165, 1.54) is 12.1 Å². The number of hydrogen-bond donors (Lipinski definition) is 2. The van der Waals surface area contributed by atoms with E-state index in [1.807, 2.05) is 0 Å². The van der Waals surface area contributed by atoms with Gasteiger partial charge in [0.1, 0.15) is 0 Å². The Balaban J connectivity index is 2.35. The average molecular weight is 424 g/mol. The molecule has 0 atom stereocenters. The van der Waals surface area contributed by atoms with Gasteiger partial charge in [-0.25, -0.2) is 8.42 Å². The zero-order valence-electron chi connectivity index (χ0n) is 10.2. The molecule has 0 spiro atoms. The Morgan fingerprint density at radius 2 is 1.95 bits per heavy atom. The van der Waals surface area contributed by atoms with Crippen LogP contribution in [0.1, 0.15) is 5.56 Å². The number of aliphatic hydroxyl groups excluding tert-OH is 1. The molecule has 7 heteroatoms. The van der Waals surface area contributed by atoms with Crippen molar-refractivity contribution < 1.29 is 13.5 Å². The summed E-state index contributed by atoms with van der Waals surface area (Å²) in [7, 11) is -3.73. The van der Waals surface area contributed by atoms with Gasteiger partial charge in [0.25, 0.3) is 10.0 Å². The smallest absolute Gasteiger partial charge is 0.261 e. The first-order valence-corrected chi connectivity index (χ1v) is 8.54. The molecular weight excluding hydrogens is 413 g/mol. The molecule has 0 saturated heterocycles. The number of rotatable bonds is 4. The summed E-state index contributed by atoms with van der Waals surface area (Å²) < 4.78 is 27.9. The Morgan fingerprint density at radius 3 is 2.60 bits per heavy atom. The van der Waals surface area contributed by atoms with Crippen LogP contribution >= 0.6 is 34.2 Å². The van der Waals surface area contributed by atoms with Gasteiger partial charge >= 0.3 is 0 Å². The maximum Gasteiger partial charge on any atom is 0.261 e. The Kier molecular flexibility index (Phi) is 4.90. The van der Waals surface area contributed by atoms with Crippen LogP contribution in [-0.4, -0.2) is 13.5 Å². The number of anilines is 1. The predicted molar refractivity (Wildman–Crippen MR) is 87.3 cm³/mol. The topological polar surface area (TPSA) is 66.4 Å². The molecule has 0 bridgehead atoms. The van der Waals surface area contributed by atoms with Crippen LogP contribution in [0.15, 0.2) is 47.4 Å². The molecule has 0 heterocycles. The van der Waals surface area contributed by atoms with Crippen LogP contribution in [0.25, 0.3) is 0 Å². The lowest BCUT2D eigenvalue weighted by molar-refractivity contribution is 0.281. The minimum Gasteiger partial charge on any atom is -0.392 e. The van der Waals surface area contributed by atoms with Crippen molar-refractivity contribution in [1.29, 1.82) is 0 Å². The van der Waals surface area contributed by atoms with E-state index in [9.17, 15) is 8.42 Å². The van der Waals surface area contributed by atoms with Crippen molar-refractivity contribution in [3.8, 4) is 0 Å². The zero-order valence-corrected chi connectivity index (χ0v) is 13.9. The van der Waals surface area contributed by atoms with Crippen molar-refractivity contribution >= 4 is 49.9 Å². The summed E-state index contributed by atoms with van der Waals surface area (Å²) >= 11 is 8.10. The van der Waals surface area contributed by atoms with Crippen molar-refractivity contribution in [2.45, 2.75) is 11.5 Å². The van der Waals surface area contributed by atoms with Gasteiger partial charge in [-0.05, 0) is 58.5 Å². The van der Waals surface area contributed by atoms with Gasteiger partial charge in [0, 0.05) is 3.57 Å². The van der Waals surface area contributed by atoms with Crippen molar-refractivity contribution in [3.63, 3.8) is 0 Å². The molecule has 2 aromatic rings. The van der Waals surface area contributed by atoms with Gasteiger partial charge in [-0.1, -0.05) is 23.7 Å². The fraction of sp³-hybridized carbons (Fsp3) is 0.0769. The van der Waals surface area contributed by atoms with Crippen molar-refractivity contribution in [2.24, 2.45) is 0 Å². The van der Waals surface area contributed by atoms with E-state index >= 15 is 0 Å². The molecule has 0 saturated carbocycles. The summed E-state index contributed by atoms with van der Waals surface area (Å²) in [5, 5.41) is 9.39. The SMILES string of the molecule is O=S(=O)(Nc1ccc(I)cc1Cl)c1cccc(CO)c1. The van der Waals surface area contributed by atoms with Gasteiger partial charge in [0.2, 0.25) is 0 Å². The number of hydrogen-bond acceptors (Lipinski definition) is 3. The molecule has 0 fully saturated rings. The molecule has 4 nitrogen and oxygen atoms in total.